The van der Waals surface area contributed by atoms with Gasteiger partial charge in [-0.3, -0.25) is 4.79 Å². The monoisotopic (exact) mass is 486 g/mol. The Morgan fingerprint density at radius 1 is 1.09 bits per heavy atom. The molecule has 2 aromatic heterocycles. The quantitative estimate of drug-likeness (QED) is 0.263. The van der Waals surface area contributed by atoms with Gasteiger partial charge in [-0.1, -0.05) is 38.0 Å². The first-order chi connectivity index (χ1) is 16.6. The Balaban J connectivity index is 1.88. The molecule has 35 heavy (non-hydrogen) atoms. The highest BCUT2D eigenvalue weighted by Gasteiger charge is 2.19. The van der Waals surface area contributed by atoms with E-state index in [9.17, 15) is 17.1 Å². The third-order valence-electron chi connectivity index (χ3n) is 6.39. The molecule has 0 aliphatic heterocycles. The Labute approximate surface area is 202 Å². The lowest BCUT2D eigenvalue weighted by Crippen LogP contribution is -2.10. The molecule has 0 spiro atoms. The summed E-state index contributed by atoms with van der Waals surface area (Å²) in [5.74, 6) is 2.90. The number of terminal acetylenes is 1. The Morgan fingerprint density at radius 3 is 2.54 bits per heavy atom. The molecular weight excluding hydrogens is 463 g/mol. The van der Waals surface area contributed by atoms with E-state index in [0.29, 0.717) is 39.5 Å². The van der Waals surface area contributed by atoms with Crippen LogP contribution in [-0.2, 0) is 23.7 Å². The van der Waals surface area contributed by atoms with Crippen molar-refractivity contribution in [2.75, 3.05) is 0 Å². The first kappa shape index (κ1) is 22.9. The number of benzene rings is 3. The van der Waals surface area contributed by atoms with Crippen LogP contribution >= 0.6 is 0 Å². The van der Waals surface area contributed by atoms with Crippen molar-refractivity contribution in [2.24, 2.45) is 13.0 Å². The lowest BCUT2D eigenvalue weighted by atomic mass is 9.91. The van der Waals surface area contributed by atoms with Crippen molar-refractivity contribution in [3.8, 4) is 23.5 Å². The SMILES string of the molecule is C#Cc1ccc2c(c1)[nH]c1c2c(=O)c2cc(CC(C)C)c(-c3cccc(S(=O)(=O)F)c3)cc2n1C. The number of aromatic amines is 1. The van der Waals surface area contributed by atoms with Gasteiger partial charge >= 0.3 is 10.2 Å². The van der Waals surface area contributed by atoms with Gasteiger partial charge in [0.05, 0.1) is 15.8 Å². The molecule has 1 N–H and O–H groups in total. The van der Waals surface area contributed by atoms with Crippen molar-refractivity contribution in [2.45, 2.75) is 25.2 Å². The number of aryl methyl sites for hydroxylation is 1. The molecule has 3 aromatic carbocycles. The molecule has 5 aromatic rings. The summed E-state index contributed by atoms with van der Waals surface area (Å²) < 4.78 is 38.7. The second-order valence-electron chi connectivity index (χ2n) is 9.23. The largest absolute Gasteiger partial charge is 0.340 e. The molecule has 0 amide bonds. The normalized spacial score (nSPS) is 12.1. The Hall–Kier alpha value is -3.89. The second-order valence-corrected chi connectivity index (χ2v) is 10.6. The van der Waals surface area contributed by atoms with Crippen molar-refractivity contribution < 1.29 is 12.3 Å². The van der Waals surface area contributed by atoms with Crippen LogP contribution in [0.3, 0.4) is 0 Å². The number of rotatable bonds is 4. The van der Waals surface area contributed by atoms with E-state index in [1.165, 1.54) is 18.2 Å². The van der Waals surface area contributed by atoms with E-state index < -0.39 is 15.1 Å². The van der Waals surface area contributed by atoms with Gasteiger partial charge in [-0.25, -0.2) is 0 Å². The molecule has 0 fully saturated rings. The van der Waals surface area contributed by atoms with E-state index >= 15 is 0 Å². The molecule has 0 atom stereocenters. The lowest BCUT2D eigenvalue weighted by Gasteiger charge is -2.16. The summed E-state index contributed by atoms with van der Waals surface area (Å²) in [6.45, 7) is 4.14. The van der Waals surface area contributed by atoms with Gasteiger partial charge in [0.2, 0.25) is 0 Å². The molecule has 0 aliphatic rings. The molecular formula is C28H23FN2O3S. The van der Waals surface area contributed by atoms with Gasteiger partial charge in [0, 0.05) is 28.9 Å². The van der Waals surface area contributed by atoms with Crippen molar-refractivity contribution in [3.05, 3.63) is 75.9 Å². The number of fused-ring (bicyclic) bond motifs is 4. The fourth-order valence-corrected chi connectivity index (χ4v) is 5.30. The van der Waals surface area contributed by atoms with E-state index in [-0.39, 0.29) is 11.3 Å². The summed E-state index contributed by atoms with van der Waals surface area (Å²) in [7, 11) is -2.98. The zero-order valence-corrected chi connectivity index (χ0v) is 20.3. The van der Waals surface area contributed by atoms with Gasteiger partial charge in [-0.15, -0.1) is 10.3 Å². The Morgan fingerprint density at radius 2 is 1.86 bits per heavy atom. The maximum Gasteiger partial charge on any atom is 0.332 e. The zero-order chi connectivity index (χ0) is 25.1. The van der Waals surface area contributed by atoms with E-state index in [1.54, 1.807) is 6.07 Å². The number of halogens is 1. The Bertz CT molecular complexity index is 1870. The molecule has 0 saturated heterocycles. The molecule has 0 aliphatic carbocycles. The van der Waals surface area contributed by atoms with Gasteiger partial charge in [-0.2, -0.15) is 8.42 Å². The third kappa shape index (κ3) is 3.80. The smallest absolute Gasteiger partial charge is 0.332 e. The van der Waals surface area contributed by atoms with Crippen molar-refractivity contribution >= 4 is 43.1 Å². The first-order valence-electron chi connectivity index (χ1n) is 11.2. The van der Waals surface area contributed by atoms with E-state index in [0.717, 1.165) is 22.0 Å². The topological polar surface area (TPSA) is 71.9 Å². The summed E-state index contributed by atoms with van der Waals surface area (Å²) >= 11 is 0. The van der Waals surface area contributed by atoms with Crippen LogP contribution in [0.2, 0.25) is 0 Å². The predicted molar refractivity (Wildman–Crippen MR) is 139 cm³/mol. The van der Waals surface area contributed by atoms with Gasteiger partial charge in [0.1, 0.15) is 5.65 Å². The van der Waals surface area contributed by atoms with Gasteiger partial charge < -0.3 is 9.55 Å². The van der Waals surface area contributed by atoms with Crippen molar-refractivity contribution in [1.29, 1.82) is 0 Å². The standard InChI is InChI=1S/C28H23FN2O3S/c1-5-17-9-10-21-24(12-17)30-28-26(21)27(32)23-14-19(11-16(2)3)22(15-25(23)31(28)4)18-7-6-8-20(13-18)35(29,33)34/h1,6-10,12-16,30H,11H2,2-4H3. The second kappa shape index (κ2) is 8.10. The molecule has 5 nitrogen and oxygen atoms in total. The van der Waals surface area contributed by atoms with E-state index in [1.807, 2.05) is 41.9 Å². The number of H-pyrrole nitrogens is 1. The average Bonchev–Trinajstić information content (AvgIpc) is 3.20. The van der Waals surface area contributed by atoms with E-state index in [4.69, 9.17) is 6.42 Å². The van der Waals surface area contributed by atoms with Gasteiger partial charge in [0.25, 0.3) is 0 Å². The summed E-state index contributed by atoms with van der Waals surface area (Å²) in [5, 5.41) is 1.96. The number of nitrogens with one attached hydrogen (secondary N) is 1. The summed E-state index contributed by atoms with van der Waals surface area (Å²) in [4.78, 5) is 16.7. The minimum atomic E-state index is -4.85. The van der Waals surface area contributed by atoms with Crippen LogP contribution < -0.4 is 5.43 Å². The van der Waals surface area contributed by atoms with Crippen molar-refractivity contribution in [3.63, 3.8) is 0 Å². The number of hydrogen-bond donors (Lipinski definition) is 1. The van der Waals surface area contributed by atoms with Crippen LogP contribution in [0.4, 0.5) is 3.89 Å². The number of aromatic nitrogens is 2. The molecule has 0 radical (unpaired) electrons. The molecule has 7 heteroatoms. The highest BCUT2D eigenvalue weighted by atomic mass is 32.3. The minimum absolute atomic E-state index is 0.0931. The van der Waals surface area contributed by atoms with Crippen molar-refractivity contribution in [1.82, 2.24) is 9.55 Å². The maximum atomic E-state index is 13.7. The summed E-state index contributed by atoms with van der Waals surface area (Å²) in [6.07, 6.45) is 6.22. The summed E-state index contributed by atoms with van der Waals surface area (Å²) in [6, 6.07) is 15.1. The molecule has 0 bridgehead atoms. The van der Waals surface area contributed by atoms with Crippen LogP contribution in [0, 0.1) is 18.3 Å². The zero-order valence-electron chi connectivity index (χ0n) is 19.5. The molecule has 2 heterocycles. The third-order valence-corrected chi connectivity index (χ3v) is 7.21. The lowest BCUT2D eigenvalue weighted by molar-refractivity contribution is 0.552. The fraction of sp³-hybridized carbons (Fsp3) is 0.179. The van der Waals surface area contributed by atoms with E-state index in [2.05, 4.69) is 24.8 Å². The van der Waals surface area contributed by atoms with Gasteiger partial charge in [0.15, 0.2) is 5.43 Å². The summed E-state index contributed by atoms with van der Waals surface area (Å²) in [5.41, 5.74) is 4.98. The van der Waals surface area contributed by atoms with Crippen LogP contribution in [-0.4, -0.2) is 18.0 Å². The number of nitrogens with zero attached hydrogens (tertiary/aromatic N) is 1. The predicted octanol–water partition coefficient (Wildman–Crippen LogP) is 5.68. The highest BCUT2D eigenvalue weighted by Crippen LogP contribution is 2.33. The average molecular weight is 487 g/mol. The van der Waals surface area contributed by atoms with Gasteiger partial charge in [-0.05, 0) is 65.4 Å². The molecule has 0 unspecified atom stereocenters. The first-order valence-corrected chi connectivity index (χ1v) is 12.6. The fourth-order valence-electron chi connectivity index (χ4n) is 4.79. The van der Waals surface area contributed by atoms with Crippen LogP contribution in [0.15, 0.2) is 64.3 Å². The molecule has 5 rings (SSSR count). The molecule has 176 valence electrons. The van der Waals surface area contributed by atoms with Crippen LogP contribution in [0.25, 0.3) is 44.0 Å². The number of pyridine rings is 1. The van der Waals surface area contributed by atoms with Crippen LogP contribution in [0.1, 0.15) is 25.0 Å². The highest BCUT2D eigenvalue weighted by molar-refractivity contribution is 7.86. The Kier molecular flexibility index (Phi) is 5.30. The number of hydrogen-bond acceptors (Lipinski definition) is 3. The maximum absolute atomic E-state index is 13.7. The minimum Gasteiger partial charge on any atom is -0.340 e. The molecule has 0 saturated carbocycles. The van der Waals surface area contributed by atoms with Crippen LogP contribution in [0.5, 0.6) is 0 Å².